The van der Waals surface area contributed by atoms with Crippen LogP contribution in [0, 0.1) is 5.92 Å². The van der Waals surface area contributed by atoms with Gasteiger partial charge >= 0.3 is 0 Å². The average Bonchev–Trinajstić information content (AvgIpc) is 3.44. The number of fused-ring (bicyclic) bond motifs is 1. The first-order valence-corrected chi connectivity index (χ1v) is 8.76. The van der Waals surface area contributed by atoms with Gasteiger partial charge in [0, 0.05) is 32.0 Å². The van der Waals surface area contributed by atoms with Crippen molar-refractivity contribution in [2.45, 2.75) is 57.5 Å². The third kappa shape index (κ3) is 2.83. The van der Waals surface area contributed by atoms with E-state index >= 15 is 0 Å². The molecule has 2 heterocycles. The van der Waals surface area contributed by atoms with Crippen molar-refractivity contribution in [2.75, 3.05) is 0 Å². The third-order valence-electron chi connectivity index (χ3n) is 5.20. The van der Waals surface area contributed by atoms with E-state index in [-0.39, 0.29) is 11.5 Å². The lowest BCUT2D eigenvalue weighted by Gasteiger charge is -2.29. The van der Waals surface area contributed by atoms with Crippen LogP contribution in [0.2, 0.25) is 0 Å². The van der Waals surface area contributed by atoms with Crippen LogP contribution in [0.3, 0.4) is 0 Å². The largest absolute Gasteiger partial charge is 0.337 e. The molecule has 7 heteroatoms. The summed E-state index contributed by atoms with van der Waals surface area (Å²) in [6.45, 7) is 2.18. The highest BCUT2D eigenvalue weighted by Crippen LogP contribution is 2.40. The second-order valence-electron chi connectivity index (χ2n) is 7.13. The van der Waals surface area contributed by atoms with Crippen molar-refractivity contribution in [3.8, 4) is 0 Å². The second-order valence-corrected chi connectivity index (χ2v) is 7.13. The lowest BCUT2D eigenvalue weighted by Crippen LogP contribution is -2.41. The van der Waals surface area contributed by atoms with E-state index in [0.29, 0.717) is 47.7 Å². The number of amides is 1. The minimum absolute atomic E-state index is 0.185. The number of aryl methyl sites for hydroxylation is 2. The van der Waals surface area contributed by atoms with Crippen LogP contribution in [0.25, 0.3) is 11.0 Å². The Morgan fingerprint density at radius 3 is 2.83 bits per heavy atom. The van der Waals surface area contributed by atoms with E-state index in [1.807, 2.05) is 0 Å². The molecule has 24 heavy (non-hydrogen) atoms. The van der Waals surface area contributed by atoms with Gasteiger partial charge in [0.2, 0.25) is 5.91 Å². The standard InChI is InChI=1S/C17H23N5O2/c1-10(11-3-4-11)22(12-5-6-12)15(23)8-7-14-19-16-13(17(24)20-14)9-18-21(16)2/h9-12H,3-8H2,1-2H3,(H,19,20,24)/t10-/m1/s1. The van der Waals surface area contributed by atoms with Crippen LogP contribution >= 0.6 is 0 Å². The molecule has 128 valence electrons. The lowest BCUT2D eigenvalue weighted by atomic mass is 10.1. The number of carbonyl (C=O) groups is 1. The molecule has 0 radical (unpaired) electrons. The van der Waals surface area contributed by atoms with Crippen molar-refractivity contribution in [2.24, 2.45) is 13.0 Å². The number of hydrogen-bond acceptors (Lipinski definition) is 4. The van der Waals surface area contributed by atoms with Gasteiger partial charge in [0.15, 0.2) is 5.65 Å². The zero-order valence-corrected chi connectivity index (χ0v) is 14.2. The number of aromatic amines is 1. The first-order valence-electron chi connectivity index (χ1n) is 8.76. The molecule has 2 fully saturated rings. The monoisotopic (exact) mass is 329 g/mol. The fraction of sp³-hybridized carbons (Fsp3) is 0.647. The molecule has 7 nitrogen and oxygen atoms in total. The van der Waals surface area contributed by atoms with Crippen molar-refractivity contribution in [3.05, 3.63) is 22.4 Å². The molecule has 0 bridgehead atoms. The van der Waals surface area contributed by atoms with Crippen LogP contribution in [-0.4, -0.2) is 42.6 Å². The van der Waals surface area contributed by atoms with E-state index in [1.54, 1.807) is 11.7 Å². The molecule has 2 aromatic rings. The topological polar surface area (TPSA) is 83.9 Å². The van der Waals surface area contributed by atoms with Crippen LogP contribution in [0.5, 0.6) is 0 Å². The number of rotatable bonds is 6. The third-order valence-corrected chi connectivity index (χ3v) is 5.20. The van der Waals surface area contributed by atoms with Gasteiger partial charge in [0.05, 0.1) is 6.20 Å². The maximum atomic E-state index is 12.7. The molecule has 1 N–H and O–H groups in total. The predicted octanol–water partition coefficient (Wildman–Crippen LogP) is 1.38. The molecule has 0 aliphatic heterocycles. The number of aromatic nitrogens is 4. The van der Waals surface area contributed by atoms with Crippen LogP contribution < -0.4 is 5.56 Å². The lowest BCUT2D eigenvalue weighted by molar-refractivity contribution is -0.134. The van der Waals surface area contributed by atoms with Crippen LogP contribution in [0.4, 0.5) is 0 Å². The molecule has 2 aliphatic rings. The molecule has 0 aromatic carbocycles. The number of hydrogen-bond donors (Lipinski definition) is 1. The molecule has 1 atom stereocenters. The van der Waals surface area contributed by atoms with Crippen LogP contribution in [0.15, 0.2) is 11.0 Å². The Morgan fingerprint density at radius 2 is 2.17 bits per heavy atom. The van der Waals surface area contributed by atoms with Gasteiger partial charge in [0.1, 0.15) is 11.2 Å². The normalized spacial score (nSPS) is 18.8. The van der Waals surface area contributed by atoms with Crippen molar-refractivity contribution in [3.63, 3.8) is 0 Å². The minimum Gasteiger partial charge on any atom is -0.337 e. The smallest absolute Gasteiger partial charge is 0.262 e. The van der Waals surface area contributed by atoms with Crippen molar-refractivity contribution in [1.29, 1.82) is 0 Å². The van der Waals surface area contributed by atoms with E-state index in [4.69, 9.17) is 0 Å². The Balaban J connectivity index is 1.48. The molecule has 1 amide bonds. The molecule has 0 spiro atoms. The summed E-state index contributed by atoms with van der Waals surface area (Å²) >= 11 is 0. The molecule has 0 unspecified atom stereocenters. The van der Waals surface area contributed by atoms with E-state index in [9.17, 15) is 9.59 Å². The number of nitrogens with zero attached hydrogens (tertiary/aromatic N) is 4. The van der Waals surface area contributed by atoms with E-state index in [1.165, 1.54) is 19.0 Å². The highest BCUT2D eigenvalue weighted by atomic mass is 16.2. The second kappa shape index (κ2) is 5.72. The predicted molar refractivity (Wildman–Crippen MR) is 89.5 cm³/mol. The zero-order valence-electron chi connectivity index (χ0n) is 14.2. The molecular weight excluding hydrogens is 306 g/mol. The molecule has 2 aliphatic carbocycles. The molecular formula is C17H23N5O2. The van der Waals surface area contributed by atoms with E-state index < -0.39 is 0 Å². The summed E-state index contributed by atoms with van der Waals surface area (Å²) in [5.74, 6) is 1.42. The Bertz CT molecular complexity index is 831. The summed E-state index contributed by atoms with van der Waals surface area (Å²) in [7, 11) is 1.76. The van der Waals surface area contributed by atoms with Gasteiger partial charge in [-0.15, -0.1) is 0 Å². The number of nitrogens with one attached hydrogen (secondary N) is 1. The Labute approximate surface area is 140 Å². The molecule has 4 rings (SSSR count). The van der Waals surface area contributed by atoms with Crippen molar-refractivity contribution >= 4 is 16.9 Å². The quantitative estimate of drug-likeness (QED) is 0.868. The highest BCUT2D eigenvalue weighted by molar-refractivity contribution is 5.77. The zero-order chi connectivity index (χ0) is 16.8. The van der Waals surface area contributed by atoms with Crippen LogP contribution in [-0.2, 0) is 18.3 Å². The van der Waals surface area contributed by atoms with Gasteiger partial charge in [-0.1, -0.05) is 0 Å². The Hall–Kier alpha value is -2.18. The number of H-pyrrole nitrogens is 1. The van der Waals surface area contributed by atoms with E-state index in [0.717, 1.165) is 12.8 Å². The minimum atomic E-state index is -0.194. The molecule has 2 aromatic heterocycles. The summed E-state index contributed by atoms with van der Waals surface area (Å²) in [6, 6.07) is 0.774. The van der Waals surface area contributed by atoms with Gasteiger partial charge in [-0.2, -0.15) is 5.10 Å². The van der Waals surface area contributed by atoms with Crippen molar-refractivity contribution in [1.82, 2.24) is 24.6 Å². The number of carbonyl (C=O) groups excluding carboxylic acids is 1. The van der Waals surface area contributed by atoms with Crippen molar-refractivity contribution < 1.29 is 4.79 Å². The fourth-order valence-electron chi connectivity index (χ4n) is 3.47. The summed E-state index contributed by atoms with van der Waals surface area (Å²) in [4.78, 5) is 34.1. The summed E-state index contributed by atoms with van der Waals surface area (Å²) in [6.07, 6.45) is 7.09. The first kappa shape index (κ1) is 15.4. The van der Waals surface area contributed by atoms with Gasteiger partial charge in [-0.3, -0.25) is 14.3 Å². The molecule has 0 saturated heterocycles. The van der Waals surface area contributed by atoms with Crippen LogP contribution in [0.1, 0.15) is 44.9 Å². The summed E-state index contributed by atoms with van der Waals surface area (Å²) in [5.41, 5.74) is 0.368. The highest BCUT2D eigenvalue weighted by Gasteiger charge is 2.41. The maximum Gasteiger partial charge on any atom is 0.262 e. The Morgan fingerprint density at radius 1 is 1.42 bits per heavy atom. The molecule has 2 saturated carbocycles. The van der Waals surface area contributed by atoms with Gasteiger partial charge in [-0.25, -0.2) is 4.98 Å². The van der Waals surface area contributed by atoms with E-state index in [2.05, 4.69) is 26.9 Å². The Kier molecular flexibility index (Phi) is 3.66. The van der Waals surface area contributed by atoms with Gasteiger partial charge < -0.3 is 9.88 Å². The summed E-state index contributed by atoms with van der Waals surface area (Å²) in [5, 5.41) is 4.54. The fourth-order valence-corrected chi connectivity index (χ4v) is 3.47. The SMILES string of the molecule is C[C@H](C1CC1)N(C(=O)CCc1nc2c(cnn2C)c(=O)[nH]1)C1CC1. The van der Waals surface area contributed by atoms with Gasteiger partial charge in [0.25, 0.3) is 5.56 Å². The first-order chi connectivity index (χ1) is 11.5. The summed E-state index contributed by atoms with van der Waals surface area (Å²) < 4.78 is 1.58. The maximum absolute atomic E-state index is 12.7. The van der Waals surface area contributed by atoms with Gasteiger partial charge in [-0.05, 0) is 38.5 Å². The average molecular weight is 329 g/mol.